The second kappa shape index (κ2) is 3.33. The van der Waals surface area contributed by atoms with Crippen LogP contribution in [0.15, 0.2) is 41.1 Å². The van der Waals surface area contributed by atoms with Crippen LogP contribution in [0.5, 0.6) is 0 Å². The van der Waals surface area contributed by atoms with Crippen molar-refractivity contribution in [1.82, 2.24) is 4.98 Å². The van der Waals surface area contributed by atoms with E-state index < -0.39 is 5.91 Å². The Kier molecular flexibility index (Phi) is 2.02. The van der Waals surface area contributed by atoms with E-state index in [2.05, 4.69) is 4.98 Å². The summed E-state index contributed by atoms with van der Waals surface area (Å²) in [5.41, 5.74) is 5.93. The minimum absolute atomic E-state index is 0.164. The highest BCUT2D eigenvalue weighted by atomic mass is 16.3. The van der Waals surface area contributed by atoms with Crippen LogP contribution in [0.3, 0.4) is 0 Å². The zero-order valence-electron chi connectivity index (χ0n) is 7.31. The number of nitrogens with zero attached hydrogens (tertiary/aromatic N) is 1. The molecule has 1 amide bonds. The first kappa shape index (κ1) is 8.50. The van der Waals surface area contributed by atoms with Gasteiger partial charge in [-0.25, -0.2) is 0 Å². The zero-order chi connectivity index (χ0) is 9.97. The van der Waals surface area contributed by atoms with Gasteiger partial charge in [-0.2, -0.15) is 0 Å². The molecular formula is C10H8N2O2. The van der Waals surface area contributed by atoms with Crippen LogP contribution < -0.4 is 5.73 Å². The van der Waals surface area contributed by atoms with Gasteiger partial charge >= 0.3 is 0 Å². The van der Waals surface area contributed by atoms with Crippen LogP contribution in [0.2, 0.25) is 0 Å². The number of rotatable bonds is 2. The maximum atomic E-state index is 10.8. The Labute approximate surface area is 80.4 Å². The van der Waals surface area contributed by atoms with Gasteiger partial charge in [0.15, 0.2) is 5.76 Å². The standard InChI is InChI=1S/C10H8N2O2/c11-10(13)9-2-1-8(14-9)7-3-5-12-6-4-7/h1-6H,(H2,11,13). The number of hydrogen-bond donors (Lipinski definition) is 1. The molecule has 2 rings (SSSR count). The summed E-state index contributed by atoms with van der Waals surface area (Å²) in [7, 11) is 0. The molecule has 0 unspecified atom stereocenters. The molecule has 4 nitrogen and oxygen atoms in total. The lowest BCUT2D eigenvalue weighted by Gasteiger charge is -1.93. The zero-order valence-corrected chi connectivity index (χ0v) is 7.31. The molecule has 0 saturated carbocycles. The summed E-state index contributed by atoms with van der Waals surface area (Å²) < 4.78 is 5.23. The van der Waals surface area contributed by atoms with Crippen molar-refractivity contribution in [2.45, 2.75) is 0 Å². The topological polar surface area (TPSA) is 69.1 Å². The number of primary amides is 1. The van der Waals surface area contributed by atoms with E-state index in [1.165, 1.54) is 0 Å². The molecule has 0 saturated heterocycles. The van der Waals surface area contributed by atoms with E-state index in [-0.39, 0.29) is 5.76 Å². The summed E-state index contributed by atoms with van der Waals surface area (Å²) >= 11 is 0. The minimum Gasteiger partial charge on any atom is -0.451 e. The fourth-order valence-electron chi connectivity index (χ4n) is 1.14. The molecule has 0 aliphatic rings. The van der Waals surface area contributed by atoms with Gasteiger partial charge in [-0.3, -0.25) is 9.78 Å². The highest BCUT2D eigenvalue weighted by Gasteiger charge is 2.07. The van der Waals surface area contributed by atoms with Gasteiger partial charge in [-0.1, -0.05) is 0 Å². The van der Waals surface area contributed by atoms with Crippen LogP contribution >= 0.6 is 0 Å². The molecule has 0 bridgehead atoms. The van der Waals surface area contributed by atoms with Gasteiger partial charge in [0.05, 0.1) is 0 Å². The van der Waals surface area contributed by atoms with Gasteiger partial charge in [0.2, 0.25) is 0 Å². The fourth-order valence-corrected chi connectivity index (χ4v) is 1.14. The molecule has 0 spiro atoms. The lowest BCUT2D eigenvalue weighted by molar-refractivity contribution is 0.0975. The first-order chi connectivity index (χ1) is 6.77. The van der Waals surface area contributed by atoms with Gasteiger partial charge in [-0.05, 0) is 24.3 Å². The molecule has 0 radical (unpaired) electrons. The van der Waals surface area contributed by atoms with Crippen LogP contribution in [0.1, 0.15) is 10.6 Å². The Balaban J connectivity index is 2.39. The molecule has 0 atom stereocenters. The van der Waals surface area contributed by atoms with Crippen LogP contribution in [0.4, 0.5) is 0 Å². The molecule has 0 aromatic carbocycles. The Morgan fingerprint density at radius 1 is 1.21 bits per heavy atom. The second-order valence-electron chi connectivity index (χ2n) is 2.76. The first-order valence-corrected chi connectivity index (χ1v) is 4.07. The largest absolute Gasteiger partial charge is 0.451 e. The van der Waals surface area contributed by atoms with E-state index in [4.69, 9.17) is 10.2 Å². The van der Waals surface area contributed by atoms with E-state index in [0.717, 1.165) is 5.56 Å². The summed E-state index contributed by atoms with van der Waals surface area (Å²) in [4.78, 5) is 14.6. The van der Waals surface area contributed by atoms with Gasteiger partial charge in [0.1, 0.15) is 5.76 Å². The quantitative estimate of drug-likeness (QED) is 0.775. The van der Waals surface area contributed by atoms with Crippen LogP contribution in [0.25, 0.3) is 11.3 Å². The predicted octanol–water partition coefficient (Wildman–Crippen LogP) is 1.44. The van der Waals surface area contributed by atoms with Crippen molar-refractivity contribution in [2.24, 2.45) is 5.73 Å². The molecule has 0 fully saturated rings. The summed E-state index contributed by atoms with van der Waals surface area (Å²) in [5, 5.41) is 0. The molecule has 0 aliphatic carbocycles. The SMILES string of the molecule is NC(=O)c1ccc(-c2ccncc2)o1. The third-order valence-electron chi connectivity index (χ3n) is 1.81. The van der Waals surface area contributed by atoms with Gasteiger partial charge in [-0.15, -0.1) is 0 Å². The lowest BCUT2D eigenvalue weighted by Crippen LogP contribution is -2.09. The van der Waals surface area contributed by atoms with Crippen molar-refractivity contribution in [1.29, 1.82) is 0 Å². The van der Waals surface area contributed by atoms with Crippen molar-refractivity contribution in [3.8, 4) is 11.3 Å². The summed E-state index contributed by atoms with van der Waals surface area (Å²) in [6.07, 6.45) is 3.31. The predicted molar refractivity (Wildman–Crippen MR) is 50.5 cm³/mol. The van der Waals surface area contributed by atoms with Crippen LogP contribution in [-0.2, 0) is 0 Å². The highest BCUT2D eigenvalue weighted by Crippen LogP contribution is 2.20. The van der Waals surface area contributed by atoms with Crippen LogP contribution in [0, 0.1) is 0 Å². The number of hydrogen-bond acceptors (Lipinski definition) is 3. The number of aromatic nitrogens is 1. The maximum absolute atomic E-state index is 10.8. The monoisotopic (exact) mass is 188 g/mol. The molecule has 70 valence electrons. The Hall–Kier alpha value is -2.10. The minimum atomic E-state index is -0.565. The second-order valence-corrected chi connectivity index (χ2v) is 2.76. The van der Waals surface area contributed by atoms with E-state index in [1.807, 2.05) is 0 Å². The number of furan rings is 1. The third-order valence-corrected chi connectivity index (χ3v) is 1.81. The molecule has 2 heterocycles. The lowest BCUT2D eigenvalue weighted by atomic mass is 10.2. The molecular weight excluding hydrogens is 180 g/mol. The summed E-state index contributed by atoms with van der Waals surface area (Å²) in [6.45, 7) is 0. The summed E-state index contributed by atoms with van der Waals surface area (Å²) in [5.74, 6) is 0.211. The third kappa shape index (κ3) is 1.50. The van der Waals surface area contributed by atoms with E-state index in [9.17, 15) is 4.79 Å². The Morgan fingerprint density at radius 2 is 1.93 bits per heavy atom. The number of pyridine rings is 1. The first-order valence-electron chi connectivity index (χ1n) is 4.07. The number of amides is 1. The molecule has 2 aromatic heterocycles. The number of carbonyl (C=O) groups excluding carboxylic acids is 1. The Bertz CT molecular complexity index is 448. The van der Waals surface area contributed by atoms with Crippen LogP contribution in [-0.4, -0.2) is 10.9 Å². The van der Waals surface area contributed by atoms with Gasteiger partial charge in [0.25, 0.3) is 5.91 Å². The van der Waals surface area contributed by atoms with Crippen molar-refractivity contribution in [2.75, 3.05) is 0 Å². The maximum Gasteiger partial charge on any atom is 0.284 e. The summed E-state index contributed by atoms with van der Waals surface area (Å²) in [6, 6.07) is 6.85. The van der Waals surface area contributed by atoms with Gasteiger partial charge in [0, 0.05) is 18.0 Å². The molecule has 14 heavy (non-hydrogen) atoms. The van der Waals surface area contributed by atoms with E-state index in [0.29, 0.717) is 5.76 Å². The molecule has 0 aliphatic heterocycles. The smallest absolute Gasteiger partial charge is 0.284 e. The molecule has 2 N–H and O–H groups in total. The van der Waals surface area contributed by atoms with Crippen molar-refractivity contribution in [3.63, 3.8) is 0 Å². The average molecular weight is 188 g/mol. The Morgan fingerprint density at radius 3 is 2.50 bits per heavy atom. The fraction of sp³-hybridized carbons (Fsp3) is 0. The van der Waals surface area contributed by atoms with Crippen molar-refractivity contribution >= 4 is 5.91 Å². The van der Waals surface area contributed by atoms with E-state index >= 15 is 0 Å². The van der Waals surface area contributed by atoms with E-state index in [1.54, 1.807) is 36.7 Å². The van der Waals surface area contributed by atoms with Crippen molar-refractivity contribution < 1.29 is 9.21 Å². The molecule has 4 heteroatoms. The normalized spacial score (nSPS) is 10.0. The number of carbonyl (C=O) groups is 1. The highest BCUT2D eigenvalue weighted by molar-refractivity contribution is 5.90. The molecule has 2 aromatic rings. The van der Waals surface area contributed by atoms with Crippen molar-refractivity contribution in [3.05, 3.63) is 42.4 Å². The number of nitrogens with two attached hydrogens (primary N) is 1. The van der Waals surface area contributed by atoms with Gasteiger partial charge < -0.3 is 10.2 Å². The average Bonchev–Trinajstić information content (AvgIpc) is 2.68.